The first-order valence-electron chi connectivity index (χ1n) is 7.19. The maximum Gasteiger partial charge on any atom is 1.00 e. The van der Waals surface area contributed by atoms with Crippen LogP contribution in [0.25, 0.3) is 5.69 Å². The Balaban J connectivity index is 0.00000225. The Bertz CT molecular complexity index is 942. The first-order chi connectivity index (χ1) is 11.6. The van der Waals surface area contributed by atoms with Gasteiger partial charge in [0.2, 0.25) is 0 Å². The Kier molecular flexibility index (Phi) is 6.13. The predicted molar refractivity (Wildman–Crippen MR) is 85.5 cm³/mol. The molecule has 0 aliphatic heterocycles. The zero-order chi connectivity index (χ0) is 17.1. The Morgan fingerprint density at radius 2 is 2.04 bits per heavy atom. The summed E-state index contributed by atoms with van der Waals surface area (Å²) in [5.74, 6) is -1.43. The van der Waals surface area contributed by atoms with Crippen LogP contribution >= 0.6 is 0 Å². The maximum atomic E-state index is 12.5. The van der Waals surface area contributed by atoms with Crippen molar-refractivity contribution in [2.45, 2.75) is 13.3 Å². The van der Waals surface area contributed by atoms with Crippen molar-refractivity contribution in [2.24, 2.45) is 4.99 Å². The quantitative estimate of drug-likeness (QED) is 0.385. The van der Waals surface area contributed by atoms with E-state index in [2.05, 4.69) is 20.1 Å². The minimum absolute atomic E-state index is 0. The smallest absolute Gasteiger partial charge is 0.543 e. The Labute approximate surface area is 164 Å². The van der Waals surface area contributed by atoms with Gasteiger partial charge in [-0.1, -0.05) is 18.2 Å². The summed E-state index contributed by atoms with van der Waals surface area (Å²) in [7, 11) is 0. The number of aliphatic imine (C=N–C) groups is 1. The van der Waals surface area contributed by atoms with Crippen LogP contribution in [0, 0.1) is 6.92 Å². The van der Waals surface area contributed by atoms with Gasteiger partial charge in [-0.3, -0.25) is 9.89 Å². The molecule has 25 heavy (non-hydrogen) atoms. The van der Waals surface area contributed by atoms with Crippen molar-refractivity contribution in [3.8, 4) is 5.69 Å². The molecule has 122 valence electrons. The van der Waals surface area contributed by atoms with Crippen molar-refractivity contribution >= 4 is 17.4 Å². The van der Waals surface area contributed by atoms with E-state index in [0.29, 0.717) is 17.1 Å². The van der Waals surface area contributed by atoms with Gasteiger partial charge in [0.25, 0.3) is 5.56 Å². The summed E-state index contributed by atoms with van der Waals surface area (Å²) in [6.45, 7) is 1.66. The van der Waals surface area contributed by atoms with E-state index in [1.807, 2.05) is 6.07 Å². The number of aromatic amines is 2. The van der Waals surface area contributed by atoms with E-state index in [-0.39, 0.29) is 47.4 Å². The van der Waals surface area contributed by atoms with Gasteiger partial charge in [0.15, 0.2) is 5.69 Å². The second-order valence-corrected chi connectivity index (χ2v) is 5.16. The molecule has 2 aromatic heterocycles. The summed E-state index contributed by atoms with van der Waals surface area (Å²) in [6.07, 6.45) is 2.91. The van der Waals surface area contributed by atoms with E-state index >= 15 is 0 Å². The normalized spacial score (nSPS) is 11.2. The monoisotopic (exact) mass is 347 g/mol. The summed E-state index contributed by atoms with van der Waals surface area (Å²) in [6, 6.07) is 8.95. The number of nitrogens with zero attached hydrogens (tertiary/aromatic N) is 3. The molecule has 3 aromatic rings. The molecule has 3 rings (SSSR count). The molecule has 9 heteroatoms. The minimum Gasteiger partial charge on any atom is -0.543 e. The average Bonchev–Trinajstić information content (AvgIpc) is 3.18. The number of nitrogens with one attached hydrogen (secondary N) is 2. The summed E-state index contributed by atoms with van der Waals surface area (Å²) in [4.78, 5) is 34.5. The largest absolute Gasteiger partial charge is 1.00 e. The van der Waals surface area contributed by atoms with Gasteiger partial charge in [-0.2, -0.15) is 0 Å². The van der Waals surface area contributed by atoms with Gasteiger partial charge < -0.3 is 14.9 Å². The molecule has 0 saturated carbocycles. The SMILES string of the molecule is Cc1[nH]n(-c2ccccc2)c(=O)c1N=C(Cc1cnc[nH]1)C(=O)[O-].[Na+]. The third-order valence-electron chi connectivity index (χ3n) is 3.45. The van der Waals surface area contributed by atoms with Crippen LogP contribution in [-0.4, -0.2) is 31.4 Å². The van der Waals surface area contributed by atoms with Gasteiger partial charge in [0, 0.05) is 18.3 Å². The molecular weight excluding hydrogens is 333 g/mol. The number of hydrogen-bond acceptors (Lipinski definition) is 5. The Morgan fingerprint density at radius 3 is 2.64 bits per heavy atom. The first kappa shape index (κ1) is 18.9. The first-order valence-corrected chi connectivity index (χ1v) is 7.19. The van der Waals surface area contributed by atoms with Crippen LogP contribution in [0.15, 0.2) is 52.6 Å². The molecule has 0 bridgehead atoms. The van der Waals surface area contributed by atoms with Crippen molar-refractivity contribution in [3.63, 3.8) is 0 Å². The second-order valence-electron chi connectivity index (χ2n) is 5.16. The van der Waals surface area contributed by atoms with Crippen molar-refractivity contribution in [2.75, 3.05) is 0 Å². The minimum atomic E-state index is -1.43. The fourth-order valence-electron chi connectivity index (χ4n) is 2.28. The molecule has 0 fully saturated rings. The molecule has 2 N–H and O–H groups in total. The number of benzene rings is 1. The number of aromatic nitrogens is 4. The number of carbonyl (C=O) groups is 1. The Morgan fingerprint density at radius 1 is 1.32 bits per heavy atom. The van der Waals surface area contributed by atoms with Gasteiger partial charge in [0.05, 0.1) is 29.4 Å². The van der Waals surface area contributed by atoms with Crippen molar-refractivity contribution in [1.82, 2.24) is 19.7 Å². The number of aliphatic carboxylic acids is 1. The van der Waals surface area contributed by atoms with Crippen LogP contribution < -0.4 is 40.2 Å². The molecule has 0 aliphatic rings. The van der Waals surface area contributed by atoms with Crippen molar-refractivity contribution in [1.29, 1.82) is 0 Å². The molecule has 0 atom stereocenters. The van der Waals surface area contributed by atoms with Crippen LogP contribution in [0.3, 0.4) is 0 Å². The third kappa shape index (κ3) is 4.16. The van der Waals surface area contributed by atoms with E-state index in [9.17, 15) is 14.7 Å². The van der Waals surface area contributed by atoms with Crippen LogP contribution in [0.2, 0.25) is 0 Å². The molecule has 0 spiro atoms. The molecule has 0 unspecified atom stereocenters. The fourth-order valence-corrected chi connectivity index (χ4v) is 2.28. The molecular formula is C16H14N5NaO3. The fraction of sp³-hybridized carbons (Fsp3) is 0.125. The van der Waals surface area contributed by atoms with Gasteiger partial charge in [-0.05, 0) is 19.1 Å². The molecule has 0 aliphatic carbocycles. The number of carbonyl (C=O) groups excluding carboxylic acids is 1. The number of carboxylic acid groups (broad SMARTS) is 1. The van der Waals surface area contributed by atoms with Gasteiger partial charge in [-0.15, -0.1) is 0 Å². The predicted octanol–water partition coefficient (Wildman–Crippen LogP) is -2.73. The maximum absolute atomic E-state index is 12.5. The van der Waals surface area contributed by atoms with Crippen LogP contribution in [0.4, 0.5) is 5.69 Å². The van der Waals surface area contributed by atoms with E-state index in [1.165, 1.54) is 17.2 Å². The zero-order valence-corrected chi connectivity index (χ0v) is 15.8. The summed E-state index contributed by atoms with van der Waals surface area (Å²) in [5, 5.41) is 14.2. The topological polar surface area (TPSA) is 119 Å². The summed E-state index contributed by atoms with van der Waals surface area (Å²) in [5.41, 5.74) is 1.02. The number of imidazole rings is 1. The number of para-hydroxylation sites is 1. The second kappa shape index (κ2) is 8.11. The van der Waals surface area contributed by atoms with E-state index in [0.717, 1.165) is 0 Å². The zero-order valence-electron chi connectivity index (χ0n) is 13.8. The van der Waals surface area contributed by atoms with Crippen molar-refractivity contribution in [3.05, 3.63) is 64.6 Å². The van der Waals surface area contributed by atoms with Crippen LogP contribution in [0.5, 0.6) is 0 Å². The molecule has 0 saturated heterocycles. The van der Waals surface area contributed by atoms with Crippen molar-refractivity contribution < 1.29 is 39.5 Å². The molecule has 1 aromatic carbocycles. The standard InChI is InChI=1S/C16H15N5O3.Na/c1-10-14(15(22)21(20-10)12-5-3-2-4-6-12)19-13(16(23)24)7-11-8-17-9-18-11;/h2-6,8-9,20H,7H2,1H3,(H,17,18)(H,23,24);/q;+1/p-1. The number of hydrogen-bond donors (Lipinski definition) is 2. The van der Waals surface area contributed by atoms with Gasteiger partial charge >= 0.3 is 29.6 Å². The molecule has 8 nitrogen and oxygen atoms in total. The molecule has 0 amide bonds. The number of carboxylic acids is 1. The third-order valence-corrected chi connectivity index (χ3v) is 3.45. The van der Waals surface area contributed by atoms with Gasteiger partial charge in [-0.25, -0.2) is 14.7 Å². The van der Waals surface area contributed by atoms with Gasteiger partial charge in [0.1, 0.15) is 0 Å². The van der Waals surface area contributed by atoms with Crippen LogP contribution in [-0.2, 0) is 11.2 Å². The number of aryl methyl sites for hydroxylation is 1. The molecule has 0 radical (unpaired) electrons. The average molecular weight is 347 g/mol. The van der Waals surface area contributed by atoms with Crippen LogP contribution in [0.1, 0.15) is 11.4 Å². The summed E-state index contributed by atoms with van der Waals surface area (Å²) < 4.78 is 1.32. The number of rotatable bonds is 5. The number of H-pyrrole nitrogens is 2. The van der Waals surface area contributed by atoms with E-state index < -0.39 is 11.5 Å². The van der Waals surface area contributed by atoms with E-state index in [4.69, 9.17) is 0 Å². The summed E-state index contributed by atoms with van der Waals surface area (Å²) >= 11 is 0. The van der Waals surface area contributed by atoms with E-state index in [1.54, 1.807) is 31.2 Å². The Hall–Kier alpha value is -2.42. The molecule has 2 heterocycles.